The van der Waals surface area contributed by atoms with E-state index in [1.54, 1.807) is 0 Å². The van der Waals surface area contributed by atoms with Gasteiger partial charge in [-0.1, -0.05) is 71.4 Å². The Balaban J connectivity index is 0.000000205. The van der Waals surface area contributed by atoms with Crippen LogP contribution in [0, 0.1) is 6.92 Å². The zero-order chi connectivity index (χ0) is 23.8. The van der Waals surface area contributed by atoms with Crippen LogP contribution in [0.1, 0.15) is 130 Å². The van der Waals surface area contributed by atoms with Crippen LogP contribution in [-0.2, 0) is 19.3 Å². The summed E-state index contributed by atoms with van der Waals surface area (Å²) in [5.74, 6) is 2.35. The maximum atomic E-state index is 10.4. The van der Waals surface area contributed by atoms with E-state index in [0.29, 0.717) is 17.4 Å². The van der Waals surface area contributed by atoms with E-state index in [1.165, 1.54) is 92.0 Å². The summed E-state index contributed by atoms with van der Waals surface area (Å²) in [5.41, 5.74) is 7.79. The van der Waals surface area contributed by atoms with E-state index in [1.807, 2.05) is 12.1 Å². The van der Waals surface area contributed by atoms with E-state index >= 15 is 0 Å². The number of rotatable bonds is 5. The second-order valence-electron chi connectivity index (χ2n) is 10.2. The van der Waals surface area contributed by atoms with Crippen molar-refractivity contribution in [2.75, 3.05) is 0 Å². The summed E-state index contributed by atoms with van der Waals surface area (Å²) < 4.78 is 0. The smallest absolute Gasteiger partial charge is 0.119 e. The second kappa shape index (κ2) is 12.5. The predicted molar refractivity (Wildman–Crippen MR) is 141 cm³/mol. The molecule has 2 saturated carbocycles. The number of benzene rings is 2. The van der Waals surface area contributed by atoms with Gasteiger partial charge < -0.3 is 10.2 Å². The molecule has 2 heteroatoms. The van der Waals surface area contributed by atoms with Gasteiger partial charge in [0.15, 0.2) is 0 Å². The Hall–Kier alpha value is -1.96. The van der Waals surface area contributed by atoms with E-state index in [2.05, 4.69) is 39.8 Å². The van der Waals surface area contributed by atoms with Crippen LogP contribution in [-0.4, -0.2) is 10.2 Å². The van der Waals surface area contributed by atoms with Crippen molar-refractivity contribution in [1.82, 2.24) is 0 Å². The Morgan fingerprint density at radius 2 is 1.06 bits per heavy atom. The molecule has 2 nitrogen and oxygen atoms in total. The SMILES string of the molecule is CCc1cc(CC)c(CC)cc1O.Cc1cc(O)c(C2CCCCC2)cc1C1CCCCC1. The molecular formula is C31H46O2. The lowest BCUT2D eigenvalue weighted by atomic mass is 9.78. The highest BCUT2D eigenvalue weighted by atomic mass is 16.3. The van der Waals surface area contributed by atoms with Crippen LogP contribution in [0.2, 0.25) is 0 Å². The normalized spacial score (nSPS) is 17.5. The van der Waals surface area contributed by atoms with E-state index in [0.717, 1.165) is 30.7 Å². The molecule has 0 heterocycles. The van der Waals surface area contributed by atoms with Crippen molar-refractivity contribution in [3.8, 4) is 11.5 Å². The maximum Gasteiger partial charge on any atom is 0.119 e. The van der Waals surface area contributed by atoms with E-state index in [9.17, 15) is 10.2 Å². The van der Waals surface area contributed by atoms with Crippen LogP contribution in [0.25, 0.3) is 0 Å². The van der Waals surface area contributed by atoms with Crippen molar-refractivity contribution in [3.63, 3.8) is 0 Å². The van der Waals surface area contributed by atoms with Crippen molar-refractivity contribution >= 4 is 0 Å². The summed E-state index contributed by atoms with van der Waals surface area (Å²) in [6.07, 6.45) is 16.4. The molecule has 2 aromatic carbocycles. The molecule has 0 saturated heterocycles. The number of aryl methyl sites for hydroxylation is 4. The minimum atomic E-state index is 0.455. The topological polar surface area (TPSA) is 40.5 Å². The first kappa shape index (κ1) is 25.7. The largest absolute Gasteiger partial charge is 0.508 e. The third-order valence-corrected chi connectivity index (χ3v) is 8.05. The van der Waals surface area contributed by atoms with Crippen LogP contribution in [0.3, 0.4) is 0 Å². The van der Waals surface area contributed by atoms with Gasteiger partial charge in [-0.15, -0.1) is 0 Å². The third-order valence-electron chi connectivity index (χ3n) is 8.05. The van der Waals surface area contributed by atoms with Crippen molar-refractivity contribution in [2.45, 2.75) is 123 Å². The average Bonchev–Trinajstić information content (AvgIpc) is 2.85. The zero-order valence-corrected chi connectivity index (χ0v) is 21.6. The molecule has 2 aliphatic carbocycles. The molecule has 0 aliphatic heterocycles. The molecule has 0 bridgehead atoms. The molecule has 0 aromatic heterocycles. The first-order valence-corrected chi connectivity index (χ1v) is 13.6. The Morgan fingerprint density at radius 3 is 1.58 bits per heavy atom. The van der Waals surface area contributed by atoms with E-state index < -0.39 is 0 Å². The number of phenolic OH excluding ortho intramolecular Hbond substituents is 2. The number of hydrogen-bond acceptors (Lipinski definition) is 2. The Kier molecular flexibility index (Phi) is 9.71. The Labute approximate surface area is 202 Å². The predicted octanol–water partition coefficient (Wildman–Crippen LogP) is 8.88. The first-order chi connectivity index (χ1) is 16.0. The fourth-order valence-corrected chi connectivity index (χ4v) is 5.99. The first-order valence-electron chi connectivity index (χ1n) is 13.6. The van der Waals surface area contributed by atoms with Gasteiger partial charge in [0, 0.05) is 0 Å². The molecule has 182 valence electrons. The van der Waals surface area contributed by atoms with Crippen LogP contribution in [0.15, 0.2) is 24.3 Å². The monoisotopic (exact) mass is 450 g/mol. The van der Waals surface area contributed by atoms with Crippen molar-refractivity contribution < 1.29 is 10.2 Å². The maximum absolute atomic E-state index is 10.4. The molecule has 0 radical (unpaired) electrons. The van der Waals surface area contributed by atoms with Gasteiger partial charge in [0.1, 0.15) is 11.5 Å². The second-order valence-corrected chi connectivity index (χ2v) is 10.2. The molecule has 2 N–H and O–H groups in total. The summed E-state index contributed by atoms with van der Waals surface area (Å²) in [6, 6.07) is 8.45. The highest BCUT2D eigenvalue weighted by Crippen LogP contribution is 2.42. The van der Waals surface area contributed by atoms with Gasteiger partial charge in [0.05, 0.1) is 0 Å². The highest BCUT2D eigenvalue weighted by molar-refractivity contribution is 5.45. The average molecular weight is 451 g/mol. The van der Waals surface area contributed by atoms with Gasteiger partial charge in [-0.3, -0.25) is 0 Å². The van der Waals surface area contributed by atoms with Gasteiger partial charge in [0.25, 0.3) is 0 Å². The molecule has 2 aromatic rings. The third kappa shape index (κ3) is 6.55. The lowest BCUT2D eigenvalue weighted by molar-refractivity contribution is 0.410. The highest BCUT2D eigenvalue weighted by Gasteiger charge is 2.23. The van der Waals surface area contributed by atoms with Gasteiger partial charge in [-0.2, -0.15) is 0 Å². The minimum absolute atomic E-state index is 0.455. The van der Waals surface area contributed by atoms with E-state index in [4.69, 9.17) is 0 Å². The van der Waals surface area contributed by atoms with Gasteiger partial charge in [-0.25, -0.2) is 0 Å². The van der Waals surface area contributed by atoms with Crippen LogP contribution in [0.5, 0.6) is 11.5 Å². The number of phenols is 2. The van der Waals surface area contributed by atoms with Gasteiger partial charge in [0.2, 0.25) is 0 Å². The standard InChI is InChI=1S/C19H28O.C12H18O/c1-14-12-19(20)18(16-10-6-3-7-11-16)13-17(14)15-8-4-2-5-9-15;1-4-9-7-11(6-3)12(13)8-10(9)5-2/h12-13,15-16,20H,2-11H2,1H3;7-8,13H,4-6H2,1-3H3. The van der Waals surface area contributed by atoms with Crippen LogP contribution >= 0.6 is 0 Å². The molecule has 0 atom stereocenters. The minimum Gasteiger partial charge on any atom is -0.508 e. The summed E-state index contributed by atoms with van der Waals surface area (Å²) in [7, 11) is 0. The Bertz CT molecular complexity index is 847. The number of hydrogen-bond donors (Lipinski definition) is 2. The van der Waals surface area contributed by atoms with Crippen molar-refractivity contribution in [1.29, 1.82) is 0 Å². The molecule has 2 aliphatic rings. The molecule has 0 unspecified atom stereocenters. The molecule has 0 spiro atoms. The number of aromatic hydroxyl groups is 2. The fourth-order valence-electron chi connectivity index (χ4n) is 5.99. The molecule has 33 heavy (non-hydrogen) atoms. The fraction of sp³-hybridized carbons (Fsp3) is 0.613. The summed E-state index contributed by atoms with van der Waals surface area (Å²) in [5, 5.41) is 20.0. The molecule has 4 rings (SSSR count). The molecule has 0 amide bonds. The molecular weight excluding hydrogens is 404 g/mol. The zero-order valence-electron chi connectivity index (χ0n) is 21.6. The van der Waals surface area contributed by atoms with E-state index in [-0.39, 0.29) is 0 Å². The van der Waals surface area contributed by atoms with Crippen molar-refractivity contribution in [2.24, 2.45) is 0 Å². The van der Waals surface area contributed by atoms with Gasteiger partial charge >= 0.3 is 0 Å². The summed E-state index contributed by atoms with van der Waals surface area (Å²) in [6.45, 7) is 8.53. The summed E-state index contributed by atoms with van der Waals surface area (Å²) in [4.78, 5) is 0. The lowest BCUT2D eigenvalue weighted by Crippen LogP contribution is -2.09. The lowest BCUT2D eigenvalue weighted by Gasteiger charge is -2.27. The molecule has 2 fully saturated rings. The Morgan fingerprint density at radius 1 is 0.576 bits per heavy atom. The van der Waals surface area contributed by atoms with Crippen molar-refractivity contribution in [3.05, 3.63) is 57.6 Å². The van der Waals surface area contributed by atoms with Crippen LogP contribution < -0.4 is 0 Å². The summed E-state index contributed by atoms with van der Waals surface area (Å²) >= 11 is 0. The van der Waals surface area contributed by atoms with Gasteiger partial charge in [-0.05, 0) is 109 Å². The quantitative estimate of drug-likeness (QED) is 0.477. The van der Waals surface area contributed by atoms with Crippen LogP contribution in [0.4, 0.5) is 0 Å².